The highest BCUT2D eigenvalue weighted by atomic mass is 16.1. The van der Waals surface area contributed by atoms with Gasteiger partial charge in [-0.25, -0.2) is 0 Å². The lowest BCUT2D eigenvalue weighted by atomic mass is 10.1. The maximum absolute atomic E-state index is 12.2. The first kappa shape index (κ1) is 29.4. The zero-order valence-corrected chi connectivity index (χ0v) is 22.1. The van der Waals surface area contributed by atoms with Crippen molar-refractivity contribution in [3.63, 3.8) is 0 Å². The van der Waals surface area contributed by atoms with Gasteiger partial charge in [0.1, 0.15) is 0 Å². The fourth-order valence-corrected chi connectivity index (χ4v) is 5.01. The van der Waals surface area contributed by atoms with Gasteiger partial charge < -0.3 is 5.32 Å². The third kappa shape index (κ3) is 15.3. The number of nitrogens with zero attached hydrogens (tertiary/aromatic N) is 2. The van der Waals surface area contributed by atoms with E-state index in [0.29, 0.717) is 12.6 Å². The van der Waals surface area contributed by atoms with E-state index in [4.69, 9.17) is 0 Å². The van der Waals surface area contributed by atoms with Gasteiger partial charge in [0.05, 0.1) is 6.17 Å². The molecule has 32 heavy (non-hydrogen) atoms. The van der Waals surface area contributed by atoms with Crippen molar-refractivity contribution in [2.24, 2.45) is 0 Å². The first-order valence-electron chi connectivity index (χ1n) is 14.4. The quantitative estimate of drug-likeness (QED) is 0.178. The molecule has 1 fully saturated rings. The van der Waals surface area contributed by atoms with Gasteiger partial charge in [-0.2, -0.15) is 0 Å². The molecule has 1 amide bonds. The van der Waals surface area contributed by atoms with Gasteiger partial charge in [-0.1, -0.05) is 117 Å². The van der Waals surface area contributed by atoms with E-state index < -0.39 is 0 Å². The van der Waals surface area contributed by atoms with Crippen molar-refractivity contribution in [3.05, 3.63) is 0 Å². The molecule has 0 spiro atoms. The van der Waals surface area contributed by atoms with Gasteiger partial charge in [-0.05, 0) is 19.9 Å². The van der Waals surface area contributed by atoms with Crippen molar-refractivity contribution < 1.29 is 4.79 Å². The minimum absolute atomic E-state index is 0.249. The molecule has 4 nitrogen and oxygen atoms in total. The Hall–Kier alpha value is -0.610. The zero-order valence-electron chi connectivity index (χ0n) is 22.1. The minimum Gasteiger partial charge on any atom is -0.355 e. The average molecular weight is 452 g/mol. The van der Waals surface area contributed by atoms with Gasteiger partial charge in [-0.15, -0.1) is 0 Å². The Bertz CT molecular complexity index is 429. The molecule has 1 aliphatic rings. The average Bonchev–Trinajstić information content (AvgIpc) is 3.13. The van der Waals surface area contributed by atoms with E-state index in [9.17, 15) is 4.79 Å². The van der Waals surface area contributed by atoms with Crippen molar-refractivity contribution in [3.8, 4) is 0 Å². The predicted molar refractivity (Wildman–Crippen MR) is 140 cm³/mol. The van der Waals surface area contributed by atoms with Crippen LogP contribution in [0.2, 0.25) is 0 Å². The van der Waals surface area contributed by atoms with Crippen LogP contribution in [0.25, 0.3) is 0 Å². The van der Waals surface area contributed by atoms with Crippen molar-refractivity contribution >= 4 is 5.91 Å². The number of rotatable bonds is 22. The van der Waals surface area contributed by atoms with E-state index in [1.165, 1.54) is 109 Å². The Kier molecular flexibility index (Phi) is 19.3. The summed E-state index contributed by atoms with van der Waals surface area (Å²) >= 11 is 0. The summed E-state index contributed by atoms with van der Waals surface area (Å²) in [5, 5.41) is 3.17. The van der Waals surface area contributed by atoms with Gasteiger partial charge in [0.25, 0.3) is 0 Å². The smallest absolute Gasteiger partial charge is 0.220 e. The van der Waals surface area contributed by atoms with Gasteiger partial charge in [0.15, 0.2) is 0 Å². The van der Waals surface area contributed by atoms with Crippen LogP contribution >= 0.6 is 0 Å². The van der Waals surface area contributed by atoms with Crippen molar-refractivity contribution in [1.82, 2.24) is 15.1 Å². The molecule has 1 aliphatic heterocycles. The maximum atomic E-state index is 12.2. The second-order valence-electron chi connectivity index (χ2n) is 10.2. The van der Waals surface area contributed by atoms with Crippen LogP contribution in [-0.2, 0) is 4.79 Å². The van der Waals surface area contributed by atoms with Gasteiger partial charge in [-0.3, -0.25) is 14.6 Å². The highest BCUT2D eigenvalue weighted by Gasteiger charge is 2.28. The molecule has 1 rings (SSSR count). The van der Waals surface area contributed by atoms with E-state index >= 15 is 0 Å². The summed E-state index contributed by atoms with van der Waals surface area (Å²) in [7, 11) is 2.26. The Labute approximate surface area is 201 Å². The third-order valence-electron chi connectivity index (χ3n) is 7.21. The van der Waals surface area contributed by atoms with Crippen molar-refractivity contribution in [1.29, 1.82) is 0 Å². The molecule has 0 aromatic heterocycles. The molecule has 1 saturated heterocycles. The van der Waals surface area contributed by atoms with Crippen LogP contribution in [0.5, 0.6) is 0 Å². The molecular formula is C28H57N3O. The first-order chi connectivity index (χ1) is 15.7. The van der Waals surface area contributed by atoms with Gasteiger partial charge in [0.2, 0.25) is 5.91 Å². The van der Waals surface area contributed by atoms with Crippen LogP contribution in [0, 0.1) is 0 Å². The molecule has 1 atom stereocenters. The SMILES string of the molecule is CCCCCCCCCCCC1N(C)CCN1CCNC(=O)CCCCCCCCCC. The van der Waals surface area contributed by atoms with Crippen LogP contribution < -0.4 is 5.32 Å². The molecule has 0 radical (unpaired) electrons. The van der Waals surface area contributed by atoms with E-state index in [1.54, 1.807) is 0 Å². The summed E-state index contributed by atoms with van der Waals surface area (Å²) < 4.78 is 0. The largest absolute Gasteiger partial charge is 0.355 e. The van der Waals surface area contributed by atoms with E-state index in [-0.39, 0.29) is 5.91 Å². The topological polar surface area (TPSA) is 35.6 Å². The minimum atomic E-state index is 0.249. The second kappa shape index (κ2) is 21.0. The lowest BCUT2D eigenvalue weighted by molar-refractivity contribution is -0.121. The Morgan fingerprint density at radius 1 is 0.719 bits per heavy atom. The number of unbranched alkanes of at least 4 members (excludes halogenated alkanes) is 15. The molecule has 1 N–H and O–H groups in total. The van der Waals surface area contributed by atoms with E-state index in [1.807, 2.05) is 0 Å². The normalized spacial score (nSPS) is 17.3. The highest BCUT2D eigenvalue weighted by molar-refractivity contribution is 5.75. The van der Waals surface area contributed by atoms with Crippen molar-refractivity contribution in [2.45, 2.75) is 142 Å². The summed E-state index contributed by atoms with van der Waals surface area (Å²) in [6, 6.07) is 0. The summed E-state index contributed by atoms with van der Waals surface area (Å²) in [6.45, 7) is 8.66. The number of nitrogens with one attached hydrogen (secondary N) is 1. The number of carbonyl (C=O) groups is 1. The standard InChI is InChI=1S/C28H57N3O/c1-4-6-8-10-12-14-16-18-20-22-28-30(3)25-26-31(28)24-23-29-27(32)21-19-17-15-13-11-9-7-5-2/h28H,4-26H2,1-3H3,(H,29,32). The molecule has 0 bridgehead atoms. The summed E-state index contributed by atoms with van der Waals surface area (Å²) in [6.07, 6.45) is 25.4. The van der Waals surface area contributed by atoms with E-state index in [0.717, 1.165) is 32.6 Å². The number of likely N-dealkylation sites (N-methyl/N-ethyl adjacent to an activating group) is 1. The molecule has 0 aliphatic carbocycles. The lowest BCUT2D eigenvalue weighted by Gasteiger charge is -2.28. The number of hydrogen-bond acceptors (Lipinski definition) is 3. The first-order valence-corrected chi connectivity index (χ1v) is 14.4. The molecule has 4 heteroatoms. The Balaban J connectivity index is 2.02. The molecule has 0 aromatic rings. The van der Waals surface area contributed by atoms with Crippen LogP contribution in [-0.4, -0.2) is 55.1 Å². The van der Waals surface area contributed by atoms with Crippen LogP contribution in [0.15, 0.2) is 0 Å². The van der Waals surface area contributed by atoms with Crippen LogP contribution in [0.3, 0.4) is 0 Å². The summed E-state index contributed by atoms with van der Waals surface area (Å²) in [5.41, 5.74) is 0. The summed E-state index contributed by atoms with van der Waals surface area (Å²) in [4.78, 5) is 17.2. The van der Waals surface area contributed by atoms with Crippen LogP contribution in [0.4, 0.5) is 0 Å². The van der Waals surface area contributed by atoms with Gasteiger partial charge in [0, 0.05) is 32.6 Å². The second-order valence-corrected chi connectivity index (χ2v) is 10.2. The lowest BCUT2D eigenvalue weighted by Crippen LogP contribution is -2.41. The number of hydrogen-bond donors (Lipinski definition) is 1. The number of carbonyl (C=O) groups excluding carboxylic acids is 1. The Morgan fingerprint density at radius 3 is 1.78 bits per heavy atom. The van der Waals surface area contributed by atoms with E-state index in [2.05, 4.69) is 36.0 Å². The van der Waals surface area contributed by atoms with Crippen LogP contribution in [0.1, 0.15) is 136 Å². The molecule has 0 saturated carbocycles. The third-order valence-corrected chi connectivity index (χ3v) is 7.21. The predicted octanol–water partition coefficient (Wildman–Crippen LogP) is 7.13. The molecular weight excluding hydrogens is 394 g/mol. The number of amides is 1. The zero-order chi connectivity index (χ0) is 23.3. The monoisotopic (exact) mass is 451 g/mol. The maximum Gasteiger partial charge on any atom is 0.220 e. The van der Waals surface area contributed by atoms with Gasteiger partial charge >= 0.3 is 0 Å². The van der Waals surface area contributed by atoms with Crippen molar-refractivity contribution in [2.75, 3.05) is 33.2 Å². The summed E-state index contributed by atoms with van der Waals surface area (Å²) in [5.74, 6) is 0.249. The fourth-order valence-electron chi connectivity index (χ4n) is 5.01. The highest BCUT2D eigenvalue weighted by Crippen LogP contribution is 2.19. The molecule has 190 valence electrons. The Morgan fingerprint density at radius 2 is 1.22 bits per heavy atom. The molecule has 0 aromatic carbocycles. The fraction of sp³-hybridized carbons (Fsp3) is 0.964. The molecule has 1 unspecified atom stereocenters. The molecule has 1 heterocycles.